The minimum atomic E-state index is -0.345. The van der Waals surface area contributed by atoms with E-state index in [1.54, 1.807) is 6.92 Å². The van der Waals surface area contributed by atoms with Gasteiger partial charge in [-0.2, -0.15) is 5.10 Å². The molecule has 1 saturated carbocycles. The maximum absolute atomic E-state index is 12.0. The highest BCUT2D eigenvalue weighted by Gasteiger charge is 2.26. The number of nitrogens with zero attached hydrogens (tertiary/aromatic N) is 4. The third-order valence-corrected chi connectivity index (χ3v) is 5.22. The van der Waals surface area contributed by atoms with E-state index in [4.69, 9.17) is 9.72 Å². The van der Waals surface area contributed by atoms with Crippen LogP contribution in [0, 0.1) is 12.8 Å². The number of hydrogen-bond donors (Lipinski definition) is 0. The number of hydrogen-bond acceptors (Lipinski definition) is 5. The Balaban J connectivity index is 1.97. The van der Waals surface area contributed by atoms with E-state index in [1.165, 1.54) is 18.9 Å². The molecule has 1 aliphatic rings. The van der Waals surface area contributed by atoms with E-state index in [0.717, 1.165) is 51.9 Å². The van der Waals surface area contributed by atoms with Crippen LogP contribution in [0.15, 0.2) is 30.7 Å². The van der Waals surface area contributed by atoms with Crippen molar-refractivity contribution in [2.24, 2.45) is 5.92 Å². The van der Waals surface area contributed by atoms with E-state index in [9.17, 15) is 4.79 Å². The lowest BCUT2D eigenvalue weighted by Gasteiger charge is -2.14. The Hall–Kier alpha value is -3.02. The molecule has 6 heteroatoms. The van der Waals surface area contributed by atoms with Gasteiger partial charge in [-0.25, -0.2) is 14.5 Å². The third kappa shape index (κ3) is 4.06. The Morgan fingerprint density at radius 3 is 2.79 bits per heavy atom. The molecule has 3 heterocycles. The van der Waals surface area contributed by atoms with E-state index in [2.05, 4.69) is 23.1 Å². The molecule has 0 unspecified atom stereocenters. The number of carbonyl (C=O) groups excluding carboxylic acids is 1. The molecule has 3 aromatic rings. The van der Waals surface area contributed by atoms with Crippen molar-refractivity contribution in [2.45, 2.75) is 46.6 Å². The van der Waals surface area contributed by atoms with Gasteiger partial charge in [0, 0.05) is 47.1 Å². The molecule has 0 spiro atoms. The minimum absolute atomic E-state index is 0.345. The molecule has 1 fully saturated rings. The maximum Gasteiger partial charge on any atom is 0.330 e. The van der Waals surface area contributed by atoms with Gasteiger partial charge in [0.25, 0.3) is 0 Å². The van der Waals surface area contributed by atoms with Crippen molar-refractivity contribution >= 4 is 23.1 Å². The van der Waals surface area contributed by atoms with Gasteiger partial charge in [-0.3, -0.25) is 4.98 Å². The molecule has 6 nitrogen and oxygen atoms in total. The predicted octanol–water partition coefficient (Wildman–Crippen LogP) is 4.35. The Morgan fingerprint density at radius 2 is 2.10 bits per heavy atom. The SMILES string of the molecule is CCOC(=O)/C=C/c1c(CC2CC2)nc2c(cnn2CC)c1-c1cncc(C)c1. The molecule has 0 atom stereocenters. The summed E-state index contributed by atoms with van der Waals surface area (Å²) in [7, 11) is 0. The van der Waals surface area contributed by atoms with Crippen molar-refractivity contribution in [2.75, 3.05) is 6.61 Å². The average molecular weight is 390 g/mol. The molecule has 150 valence electrons. The van der Waals surface area contributed by atoms with Crippen molar-refractivity contribution in [3.05, 3.63) is 47.6 Å². The van der Waals surface area contributed by atoms with E-state index in [-0.39, 0.29) is 5.97 Å². The van der Waals surface area contributed by atoms with Crippen LogP contribution < -0.4 is 0 Å². The number of rotatable bonds is 7. The van der Waals surface area contributed by atoms with Gasteiger partial charge in [-0.05, 0) is 63.7 Å². The van der Waals surface area contributed by atoms with Crippen molar-refractivity contribution in [3.8, 4) is 11.1 Å². The van der Waals surface area contributed by atoms with Crippen LogP contribution in [0.3, 0.4) is 0 Å². The Kier molecular flexibility index (Phi) is 5.43. The maximum atomic E-state index is 12.0. The molecule has 4 rings (SSSR count). The molecule has 0 N–H and O–H groups in total. The van der Waals surface area contributed by atoms with E-state index >= 15 is 0 Å². The fourth-order valence-electron chi connectivity index (χ4n) is 3.66. The summed E-state index contributed by atoms with van der Waals surface area (Å²) in [6.45, 7) is 7.01. The fourth-order valence-corrected chi connectivity index (χ4v) is 3.66. The van der Waals surface area contributed by atoms with Gasteiger partial charge >= 0.3 is 5.97 Å². The summed E-state index contributed by atoms with van der Waals surface area (Å²) in [6.07, 6.45) is 12.3. The number of esters is 1. The second-order valence-electron chi connectivity index (χ2n) is 7.53. The molecule has 0 saturated heterocycles. The number of ether oxygens (including phenoxy) is 1. The zero-order chi connectivity index (χ0) is 20.4. The molecular weight excluding hydrogens is 364 g/mol. The summed E-state index contributed by atoms with van der Waals surface area (Å²) in [4.78, 5) is 21.4. The van der Waals surface area contributed by atoms with Gasteiger partial charge in [-0.15, -0.1) is 0 Å². The highest BCUT2D eigenvalue weighted by Crippen LogP contribution is 2.38. The molecule has 0 amide bonds. The van der Waals surface area contributed by atoms with Gasteiger partial charge in [-0.1, -0.05) is 0 Å². The van der Waals surface area contributed by atoms with Crippen LogP contribution in [0.5, 0.6) is 0 Å². The van der Waals surface area contributed by atoms with Crippen LogP contribution >= 0.6 is 0 Å². The molecule has 3 aromatic heterocycles. The number of carbonyl (C=O) groups is 1. The summed E-state index contributed by atoms with van der Waals surface area (Å²) in [6, 6.07) is 2.12. The molecule has 0 radical (unpaired) electrons. The highest BCUT2D eigenvalue weighted by molar-refractivity contribution is 5.99. The second-order valence-corrected chi connectivity index (χ2v) is 7.53. The zero-order valence-corrected chi connectivity index (χ0v) is 17.2. The van der Waals surface area contributed by atoms with E-state index < -0.39 is 0 Å². The first kappa shape index (κ1) is 19.3. The number of pyridine rings is 2. The molecule has 0 bridgehead atoms. The largest absolute Gasteiger partial charge is 0.463 e. The van der Waals surface area contributed by atoms with Crippen LogP contribution in [-0.4, -0.2) is 32.3 Å². The first-order valence-electron chi connectivity index (χ1n) is 10.3. The lowest BCUT2D eigenvalue weighted by atomic mass is 9.94. The van der Waals surface area contributed by atoms with Crippen LogP contribution in [0.1, 0.15) is 43.5 Å². The second kappa shape index (κ2) is 8.15. The monoisotopic (exact) mass is 390 g/mol. The first-order valence-corrected chi connectivity index (χ1v) is 10.3. The summed E-state index contributed by atoms with van der Waals surface area (Å²) < 4.78 is 7.02. The van der Waals surface area contributed by atoms with Crippen LogP contribution in [-0.2, 0) is 22.5 Å². The number of fused-ring (bicyclic) bond motifs is 1. The topological polar surface area (TPSA) is 69.9 Å². The van der Waals surface area contributed by atoms with Crippen molar-refractivity contribution in [1.82, 2.24) is 19.7 Å². The average Bonchev–Trinajstić information content (AvgIpc) is 3.43. The van der Waals surface area contributed by atoms with Crippen molar-refractivity contribution in [3.63, 3.8) is 0 Å². The van der Waals surface area contributed by atoms with Gasteiger partial charge in [0.15, 0.2) is 5.65 Å². The van der Waals surface area contributed by atoms with Crippen LogP contribution in [0.4, 0.5) is 0 Å². The Morgan fingerprint density at radius 1 is 1.28 bits per heavy atom. The Labute approximate surface area is 170 Å². The molecule has 1 aliphatic carbocycles. The number of aromatic nitrogens is 4. The molecule has 0 aliphatic heterocycles. The standard InChI is InChI=1S/C23H26N4O2/c1-4-27-23-19(14-25-27)22(17-10-15(3)12-24-13-17)18(8-9-21(28)29-5-2)20(26-23)11-16-6-7-16/h8-10,12-14,16H,4-7,11H2,1-3H3/b9-8+. The van der Waals surface area contributed by atoms with Crippen LogP contribution in [0.2, 0.25) is 0 Å². The van der Waals surface area contributed by atoms with E-state index in [1.807, 2.05) is 36.3 Å². The Bertz CT molecular complexity index is 1080. The zero-order valence-electron chi connectivity index (χ0n) is 17.2. The highest BCUT2D eigenvalue weighted by atomic mass is 16.5. The van der Waals surface area contributed by atoms with Gasteiger partial charge in [0.05, 0.1) is 18.5 Å². The van der Waals surface area contributed by atoms with Crippen molar-refractivity contribution in [1.29, 1.82) is 0 Å². The van der Waals surface area contributed by atoms with Crippen LogP contribution in [0.25, 0.3) is 28.2 Å². The quantitative estimate of drug-likeness (QED) is 0.443. The molecule has 0 aromatic carbocycles. The van der Waals surface area contributed by atoms with Gasteiger partial charge in [0.1, 0.15) is 0 Å². The van der Waals surface area contributed by atoms with Gasteiger partial charge < -0.3 is 4.74 Å². The first-order chi connectivity index (χ1) is 14.1. The molecule has 29 heavy (non-hydrogen) atoms. The summed E-state index contributed by atoms with van der Waals surface area (Å²) in [5.41, 5.74) is 5.97. The molecular formula is C23H26N4O2. The normalized spacial score (nSPS) is 14.0. The lowest BCUT2D eigenvalue weighted by Crippen LogP contribution is -2.05. The summed E-state index contributed by atoms with van der Waals surface area (Å²) in [5.74, 6) is 0.318. The van der Waals surface area contributed by atoms with Crippen molar-refractivity contribution < 1.29 is 9.53 Å². The number of aryl methyl sites for hydroxylation is 2. The lowest BCUT2D eigenvalue weighted by molar-refractivity contribution is -0.137. The summed E-state index contributed by atoms with van der Waals surface area (Å²) in [5, 5.41) is 5.52. The predicted molar refractivity (Wildman–Crippen MR) is 113 cm³/mol. The summed E-state index contributed by atoms with van der Waals surface area (Å²) >= 11 is 0. The fraction of sp³-hybridized carbons (Fsp3) is 0.391. The minimum Gasteiger partial charge on any atom is -0.463 e. The van der Waals surface area contributed by atoms with E-state index in [0.29, 0.717) is 12.5 Å². The smallest absolute Gasteiger partial charge is 0.330 e. The third-order valence-electron chi connectivity index (χ3n) is 5.22. The van der Waals surface area contributed by atoms with Gasteiger partial charge in [0.2, 0.25) is 0 Å².